The first-order valence-electron chi connectivity index (χ1n) is 8.94. The van der Waals surface area contributed by atoms with Gasteiger partial charge in [0, 0.05) is 24.7 Å². The molecule has 0 spiro atoms. The number of hydrogen-bond donors (Lipinski definition) is 1. The van der Waals surface area contributed by atoms with Crippen LogP contribution in [0.4, 0.5) is 5.88 Å². The average molecular weight is 394 g/mol. The smallest absolute Gasteiger partial charge is 0.258 e. The molecule has 2 rings (SSSR count). The molecule has 0 saturated heterocycles. The summed E-state index contributed by atoms with van der Waals surface area (Å²) in [7, 11) is -3.62. The largest absolute Gasteiger partial charge is 0.338 e. The maximum absolute atomic E-state index is 13.0. The Balaban J connectivity index is 2.19. The summed E-state index contributed by atoms with van der Waals surface area (Å²) in [5.74, 6) is 0.286. The molecule has 0 saturated carbocycles. The van der Waals surface area contributed by atoms with Gasteiger partial charge in [0.15, 0.2) is 0 Å². The molecule has 2 aromatic rings. The monoisotopic (exact) mass is 393 g/mol. The third-order valence-electron chi connectivity index (χ3n) is 3.76. The van der Waals surface area contributed by atoms with Gasteiger partial charge in [-0.2, -0.15) is 4.31 Å². The van der Waals surface area contributed by atoms with Crippen LogP contribution < -0.4 is 5.32 Å². The molecule has 8 heteroatoms. The van der Waals surface area contributed by atoms with Crippen LogP contribution >= 0.6 is 0 Å². The number of rotatable bonds is 8. The minimum Gasteiger partial charge on any atom is -0.338 e. The van der Waals surface area contributed by atoms with Crippen LogP contribution in [0.15, 0.2) is 39.8 Å². The van der Waals surface area contributed by atoms with Gasteiger partial charge < -0.3 is 4.52 Å². The van der Waals surface area contributed by atoms with Crippen molar-refractivity contribution in [3.8, 4) is 0 Å². The highest BCUT2D eigenvalue weighted by Crippen LogP contribution is 2.20. The summed E-state index contributed by atoms with van der Waals surface area (Å²) < 4.78 is 32.4. The SMILES string of the molecule is Cc1cc(NC(=O)c2ccc(S(=O)(=O)N(CC(C)C)CC(C)C)cc2)on1. The first-order valence-corrected chi connectivity index (χ1v) is 10.4. The third-order valence-corrected chi connectivity index (χ3v) is 5.60. The van der Waals surface area contributed by atoms with Crippen LogP contribution in [0.1, 0.15) is 43.7 Å². The van der Waals surface area contributed by atoms with Gasteiger partial charge in [0.2, 0.25) is 15.9 Å². The van der Waals surface area contributed by atoms with E-state index in [1.165, 1.54) is 28.6 Å². The van der Waals surface area contributed by atoms with Crippen molar-refractivity contribution in [2.45, 2.75) is 39.5 Å². The number of anilines is 1. The highest BCUT2D eigenvalue weighted by molar-refractivity contribution is 7.89. The normalized spacial score (nSPS) is 12.1. The molecule has 0 fully saturated rings. The molecular weight excluding hydrogens is 366 g/mol. The molecule has 0 bridgehead atoms. The summed E-state index contributed by atoms with van der Waals surface area (Å²) >= 11 is 0. The van der Waals surface area contributed by atoms with Gasteiger partial charge in [0.25, 0.3) is 5.91 Å². The highest BCUT2D eigenvalue weighted by atomic mass is 32.2. The van der Waals surface area contributed by atoms with Gasteiger partial charge in [-0.05, 0) is 43.0 Å². The highest BCUT2D eigenvalue weighted by Gasteiger charge is 2.26. The molecule has 1 aromatic carbocycles. The van der Waals surface area contributed by atoms with Crippen molar-refractivity contribution in [3.63, 3.8) is 0 Å². The molecule has 1 N–H and O–H groups in total. The Bertz CT molecular complexity index is 861. The van der Waals surface area contributed by atoms with Crippen molar-refractivity contribution < 1.29 is 17.7 Å². The first kappa shape index (κ1) is 21.1. The van der Waals surface area contributed by atoms with E-state index in [1.54, 1.807) is 13.0 Å². The van der Waals surface area contributed by atoms with Crippen molar-refractivity contribution in [2.75, 3.05) is 18.4 Å². The van der Waals surface area contributed by atoms with E-state index in [0.29, 0.717) is 24.3 Å². The van der Waals surface area contributed by atoms with E-state index in [1.807, 2.05) is 27.7 Å². The van der Waals surface area contributed by atoms with E-state index in [-0.39, 0.29) is 22.6 Å². The summed E-state index contributed by atoms with van der Waals surface area (Å²) in [5, 5.41) is 6.29. The number of hydrogen-bond acceptors (Lipinski definition) is 5. The molecule has 0 aliphatic rings. The molecule has 0 aliphatic carbocycles. The molecule has 0 radical (unpaired) electrons. The average Bonchev–Trinajstić information content (AvgIpc) is 2.98. The summed E-state index contributed by atoms with van der Waals surface area (Å²) in [5.41, 5.74) is 0.990. The first-order chi connectivity index (χ1) is 12.6. The lowest BCUT2D eigenvalue weighted by Crippen LogP contribution is -2.37. The number of aryl methyl sites for hydroxylation is 1. The lowest BCUT2D eigenvalue weighted by atomic mass is 10.2. The van der Waals surface area contributed by atoms with Gasteiger partial charge in [-0.1, -0.05) is 32.9 Å². The second-order valence-electron chi connectivity index (χ2n) is 7.42. The van der Waals surface area contributed by atoms with Crippen molar-refractivity contribution in [2.24, 2.45) is 11.8 Å². The second kappa shape index (κ2) is 8.67. The molecule has 0 atom stereocenters. The number of nitrogens with one attached hydrogen (secondary N) is 1. The van der Waals surface area contributed by atoms with E-state index in [9.17, 15) is 13.2 Å². The zero-order valence-electron chi connectivity index (χ0n) is 16.4. The third kappa shape index (κ3) is 5.64. The summed E-state index contributed by atoms with van der Waals surface area (Å²) in [6, 6.07) is 7.52. The number of carbonyl (C=O) groups excluding carboxylic acids is 1. The zero-order valence-corrected chi connectivity index (χ0v) is 17.2. The van der Waals surface area contributed by atoms with Crippen LogP contribution in [0.5, 0.6) is 0 Å². The van der Waals surface area contributed by atoms with Gasteiger partial charge in [0.05, 0.1) is 10.6 Å². The van der Waals surface area contributed by atoms with E-state index in [4.69, 9.17) is 4.52 Å². The molecule has 148 valence electrons. The Labute approximate surface area is 160 Å². The summed E-state index contributed by atoms with van der Waals surface area (Å²) in [6.45, 7) is 10.6. The molecule has 27 heavy (non-hydrogen) atoms. The summed E-state index contributed by atoms with van der Waals surface area (Å²) in [4.78, 5) is 12.4. The van der Waals surface area contributed by atoms with Crippen molar-refractivity contribution in [1.29, 1.82) is 0 Å². The fourth-order valence-corrected chi connectivity index (χ4v) is 4.39. The second-order valence-corrected chi connectivity index (χ2v) is 9.36. The maximum Gasteiger partial charge on any atom is 0.258 e. The van der Waals surface area contributed by atoms with E-state index in [0.717, 1.165) is 0 Å². The van der Waals surface area contributed by atoms with Crippen LogP contribution in [0.2, 0.25) is 0 Å². The number of aromatic nitrogens is 1. The van der Waals surface area contributed by atoms with E-state index in [2.05, 4.69) is 10.5 Å². The Kier molecular flexibility index (Phi) is 6.78. The number of nitrogens with zero attached hydrogens (tertiary/aromatic N) is 2. The van der Waals surface area contributed by atoms with Crippen molar-refractivity contribution in [3.05, 3.63) is 41.6 Å². The van der Waals surface area contributed by atoms with E-state index < -0.39 is 15.9 Å². The number of benzene rings is 1. The van der Waals surface area contributed by atoms with Gasteiger partial charge >= 0.3 is 0 Å². The number of carbonyl (C=O) groups is 1. The Hall–Kier alpha value is -2.19. The summed E-state index contributed by atoms with van der Waals surface area (Å²) in [6.07, 6.45) is 0. The number of amides is 1. The molecule has 1 amide bonds. The van der Waals surface area contributed by atoms with Crippen molar-refractivity contribution in [1.82, 2.24) is 9.46 Å². The molecular formula is C19H27N3O4S. The van der Waals surface area contributed by atoms with Crippen molar-refractivity contribution >= 4 is 21.8 Å². The predicted molar refractivity (Wildman–Crippen MR) is 104 cm³/mol. The lowest BCUT2D eigenvalue weighted by Gasteiger charge is -2.25. The maximum atomic E-state index is 13.0. The minimum atomic E-state index is -3.62. The zero-order chi connectivity index (χ0) is 20.2. The lowest BCUT2D eigenvalue weighted by molar-refractivity contribution is 0.102. The van der Waals surface area contributed by atoms with E-state index >= 15 is 0 Å². The van der Waals surface area contributed by atoms with Crippen LogP contribution in [0, 0.1) is 18.8 Å². The molecule has 1 heterocycles. The fourth-order valence-electron chi connectivity index (χ4n) is 2.62. The Morgan fingerprint density at radius 3 is 2.11 bits per heavy atom. The quantitative estimate of drug-likeness (QED) is 0.740. The van der Waals surface area contributed by atoms with Crippen LogP contribution in [0.25, 0.3) is 0 Å². The topological polar surface area (TPSA) is 92.5 Å². The Morgan fingerprint density at radius 1 is 1.11 bits per heavy atom. The number of sulfonamides is 1. The Morgan fingerprint density at radius 2 is 1.67 bits per heavy atom. The fraction of sp³-hybridized carbons (Fsp3) is 0.474. The molecule has 0 aliphatic heterocycles. The van der Waals surface area contributed by atoms with Gasteiger partial charge in [-0.25, -0.2) is 8.42 Å². The molecule has 0 unspecified atom stereocenters. The minimum absolute atomic E-state index is 0.177. The molecule has 7 nitrogen and oxygen atoms in total. The van der Waals surface area contributed by atoms with Crippen LogP contribution in [-0.2, 0) is 10.0 Å². The van der Waals surface area contributed by atoms with Crippen LogP contribution in [-0.4, -0.2) is 36.9 Å². The van der Waals surface area contributed by atoms with Gasteiger partial charge in [0.1, 0.15) is 0 Å². The predicted octanol–water partition coefficient (Wildman–Crippen LogP) is 3.54. The van der Waals surface area contributed by atoms with Crippen LogP contribution in [0.3, 0.4) is 0 Å². The van der Waals surface area contributed by atoms with Gasteiger partial charge in [-0.15, -0.1) is 0 Å². The van der Waals surface area contributed by atoms with Gasteiger partial charge in [-0.3, -0.25) is 10.1 Å². The standard InChI is InChI=1S/C19H27N3O4S/c1-13(2)11-22(12-14(3)4)27(24,25)17-8-6-16(7-9-17)19(23)20-18-10-15(5)21-26-18/h6-10,13-14H,11-12H2,1-5H3,(H,20,23). The molecule has 1 aromatic heterocycles.